The number of ether oxygens (including phenoxy) is 1. The van der Waals surface area contributed by atoms with Crippen molar-refractivity contribution in [3.8, 4) is 0 Å². The van der Waals surface area contributed by atoms with E-state index in [-0.39, 0.29) is 11.8 Å². The van der Waals surface area contributed by atoms with Crippen LogP contribution < -0.4 is 20.7 Å². The van der Waals surface area contributed by atoms with E-state index in [0.717, 1.165) is 25.9 Å². The fourth-order valence-electron chi connectivity index (χ4n) is 4.00. The summed E-state index contributed by atoms with van der Waals surface area (Å²) in [4.78, 5) is 21.9. The molecule has 2 saturated heterocycles. The van der Waals surface area contributed by atoms with Crippen molar-refractivity contribution in [3.05, 3.63) is 16.7 Å². The molecule has 1 aromatic rings. The fraction of sp³-hybridized carbons (Fsp3) is 0.733. The molecular weight excluding hydrogens is 330 g/mol. The molecule has 25 heavy (non-hydrogen) atoms. The molecule has 5 atom stereocenters. The molecule has 4 heterocycles. The zero-order valence-electron chi connectivity index (χ0n) is 13.8. The van der Waals surface area contributed by atoms with Gasteiger partial charge in [0.1, 0.15) is 24.0 Å². The molecule has 0 saturated carbocycles. The van der Waals surface area contributed by atoms with Gasteiger partial charge in [-0.1, -0.05) is 0 Å². The van der Waals surface area contributed by atoms with E-state index >= 15 is 0 Å². The molecule has 0 unspecified atom stereocenters. The number of rotatable bonds is 3. The van der Waals surface area contributed by atoms with E-state index in [9.17, 15) is 20.1 Å². The first-order chi connectivity index (χ1) is 12.1. The Balaban J connectivity index is 1.71. The Kier molecular flexibility index (Phi) is 4.38. The van der Waals surface area contributed by atoms with Gasteiger partial charge < -0.3 is 30.4 Å². The second-order valence-corrected chi connectivity index (χ2v) is 6.83. The summed E-state index contributed by atoms with van der Waals surface area (Å²) in [6.45, 7) is 1.45. The SMILES string of the molecule is O=c1[nH]cnc2c1N[C@@H]([NH+]1CCCCC1)N2[C@H]1O[C@@H](CO)[C@@H](O)[C@H]1O. The quantitative estimate of drug-likeness (QED) is 0.334. The largest absolute Gasteiger partial charge is 0.394 e. The maximum atomic E-state index is 12.2. The van der Waals surface area contributed by atoms with Crippen LogP contribution in [-0.4, -0.2) is 75.8 Å². The summed E-state index contributed by atoms with van der Waals surface area (Å²) in [7, 11) is 0. The van der Waals surface area contributed by atoms with Crippen molar-refractivity contribution in [2.75, 3.05) is 29.9 Å². The molecule has 0 amide bonds. The first-order valence-electron chi connectivity index (χ1n) is 8.71. The summed E-state index contributed by atoms with van der Waals surface area (Å²) in [6, 6.07) is 0. The van der Waals surface area contributed by atoms with Crippen molar-refractivity contribution >= 4 is 11.5 Å². The first-order valence-corrected chi connectivity index (χ1v) is 8.71. The highest BCUT2D eigenvalue weighted by Crippen LogP contribution is 2.34. The van der Waals surface area contributed by atoms with Gasteiger partial charge in [-0.05, 0) is 19.3 Å². The fourth-order valence-corrected chi connectivity index (χ4v) is 4.00. The number of hydrogen-bond acceptors (Lipinski definition) is 8. The van der Waals surface area contributed by atoms with Gasteiger partial charge in [0.25, 0.3) is 5.56 Å². The molecule has 4 rings (SSSR count). The Bertz CT molecular complexity index is 679. The van der Waals surface area contributed by atoms with E-state index in [1.54, 1.807) is 4.90 Å². The molecule has 3 aliphatic heterocycles. The van der Waals surface area contributed by atoms with Crippen LogP contribution in [0.5, 0.6) is 0 Å². The number of piperidine rings is 1. The van der Waals surface area contributed by atoms with Crippen molar-refractivity contribution in [3.63, 3.8) is 0 Å². The minimum absolute atomic E-state index is 0.291. The highest BCUT2D eigenvalue weighted by atomic mass is 16.6. The van der Waals surface area contributed by atoms with Gasteiger partial charge in [-0.2, -0.15) is 0 Å². The van der Waals surface area contributed by atoms with Crippen LogP contribution in [0.25, 0.3) is 0 Å². The number of aromatic amines is 1. The Morgan fingerprint density at radius 2 is 2.04 bits per heavy atom. The number of aromatic nitrogens is 2. The van der Waals surface area contributed by atoms with E-state index < -0.39 is 31.1 Å². The molecule has 1 aromatic heterocycles. The van der Waals surface area contributed by atoms with Crippen molar-refractivity contribution < 1.29 is 25.0 Å². The van der Waals surface area contributed by atoms with Crippen LogP contribution in [0, 0.1) is 0 Å². The predicted octanol–water partition coefficient (Wildman–Crippen LogP) is -3.21. The normalized spacial score (nSPS) is 35.6. The van der Waals surface area contributed by atoms with Gasteiger partial charge in [-0.15, -0.1) is 0 Å². The van der Waals surface area contributed by atoms with Crippen molar-refractivity contribution in [1.29, 1.82) is 0 Å². The summed E-state index contributed by atoms with van der Waals surface area (Å²) >= 11 is 0. The molecule has 138 valence electrons. The molecule has 0 spiro atoms. The number of anilines is 2. The third-order valence-corrected chi connectivity index (χ3v) is 5.31. The number of aliphatic hydroxyl groups is 3. The van der Waals surface area contributed by atoms with Gasteiger partial charge in [-0.3, -0.25) is 14.6 Å². The van der Waals surface area contributed by atoms with E-state index in [1.807, 2.05) is 0 Å². The van der Waals surface area contributed by atoms with Crippen LogP contribution in [0.1, 0.15) is 19.3 Å². The third-order valence-electron chi connectivity index (χ3n) is 5.31. The van der Waals surface area contributed by atoms with Crippen molar-refractivity contribution in [2.45, 2.75) is 50.1 Å². The molecule has 10 nitrogen and oxygen atoms in total. The topological polar surface area (TPSA) is 135 Å². The maximum absolute atomic E-state index is 12.2. The van der Waals surface area contributed by atoms with Crippen LogP contribution in [0.3, 0.4) is 0 Å². The molecular formula is C15H24N5O5+. The molecule has 0 aromatic carbocycles. The lowest BCUT2D eigenvalue weighted by atomic mass is 10.1. The van der Waals surface area contributed by atoms with E-state index in [1.165, 1.54) is 17.6 Å². The van der Waals surface area contributed by atoms with Gasteiger partial charge >= 0.3 is 0 Å². The number of H-pyrrole nitrogens is 1. The van der Waals surface area contributed by atoms with Gasteiger partial charge in [-0.25, -0.2) is 4.98 Å². The number of likely N-dealkylation sites (tertiary alicyclic amines) is 1. The highest BCUT2D eigenvalue weighted by molar-refractivity contribution is 5.70. The number of nitrogens with one attached hydrogen (secondary N) is 3. The average molecular weight is 354 g/mol. The minimum Gasteiger partial charge on any atom is -0.394 e. The van der Waals surface area contributed by atoms with E-state index in [2.05, 4.69) is 15.3 Å². The third kappa shape index (κ3) is 2.70. The molecule has 2 fully saturated rings. The Morgan fingerprint density at radius 3 is 2.72 bits per heavy atom. The number of aliphatic hydroxyl groups excluding tert-OH is 3. The zero-order chi connectivity index (χ0) is 17.6. The average Bonchev–Trinajstić information content (AvgIpc) is 3.15. The standard InChI is InChI=1S/C15H23N5O5/c21-6-8-10(22)11(23)14(25-8)20-12-9(13(24)17-7-16-12)18-15(20)19-4-2-1-3-5-19/h7-8,10-11,14-15,18,21-23H,1-6H2,(H,16,17,24)/p+1/t8-,10+,11+,14-,15-/m0/s1. The van der Waals surface area contributed by atoms with Crippen LogP contribution >= 0.6 is 0 Å². The maximum Gasteiger partial charge on any atom is 0.276 e. The molecule has 3 aliphatic rings. The van der Waals surface area contributed by atoms with E-state index in [0.29, 0.717) is 11.5 Å². The zero-order valence-corrected chi connectivity index (χ0v) is 13.8. The Morgan fingerprint density at radius 1 is 1.28 bits per heavy atom. The van der Waals surface area contributed by atoms with Crippen molar-refractivity contribution in [2.24, 2.45) is 0 Å². The molecule has 6 N–H and O–H groups in total. The second kappa shape index (κ2) is 6.54. The Hall–Kier alpha value is -1.72. The molecule has 10 heteroatoms. The second-order valence-electron chi connectivity index (χ2n) is 6.83. The van der Waals surface area contributed by atoms with Gasteiger partial charge in [0.2, 0.25) is 6.29 Å². The number of quaternary nitrogens is 1. The van der Waals surface area contributed by atoms with Crippen molar-refractivity contribution in [1.82, 2.24) is 9.97 Å². The van der Waals surface area contributed by atoms with Crippen LogP contribution in [-0.2, 0) is 4.74 Å². The lowest BCUT2D eigenvalue weighted by molar-refractivity contribution is -0.925. The number of hydrogen-bond donors (Lipinski definition) is 6. The Labute approximate surface area is 144 Å². The van der Waals surface area contributed by atoms with Gasteiger partial charge in [0.05, 0.1) is 26.0 Å². The number of nitrogens with zero attached hydrogens (tertiary/aromatic N) is 2. The van der Waals surface area contributed by atoms with Gasteiger partial charge in [0, 0.05) is 0 Å². The summed E-state index contributed by atoms with van der Waals surface area (Å²) in [5, 5.41) is 33.1. The molecule has 0 radical (unpaired) electrons. The van der Waals surface area contributed by atoms with Crippen LogP contribution in [0.4, 0.5) is 11.5 Å². The van der Waals surface area contributed by atoms with Gasteiger partial charge in [0.15, 0.2) is 12.0 Å². The number of fused-ring (bicyclic) bond motifs is 1. The van der Waals surface area contributed by atoms with Crippen LogP contribution in [0.15, 0.2) is 11.1 Å². The first kappa shape index (κ1) is 16.7. The molecule has 0 bridgehead atoms. The highest BCUT2D eigenvalue weighted by Gasteiger charge is 2.52. The lowest BCUT2D eigenvalue weighted by Gasteiger charge is -2.37. The monoisotopic (exact) mass is 354 g/mol. The minimum atomic E-state index is -1.21. The summed E-state index contributed by atoms with van der Waals surface area (Å²) in [5.74, 6) is 0.390. The van der Waals surface area contributed by atoms with E-state index in [4.69, 9.17) is 4.74 Å². The van der Waals surface area contributed by atoms with Crippen LogP contribution in [0.2, 0.25) is 0 Å². The summed E-state index contributed by atoms with van der Waals surface area (Å²) in [6.07, 6.45) is 0.152. The molecule has 0 aliphatic carbocycles. The smallest absolute Gasteiger partial charge is 0.276 e. The lowest BCUT2D eigenvalue weighted by Crippen LogP contribution is -3.19. The predicted molar refractivity (Wildman–Crippen MR) is 87.1 cm³/mol. The summed E-state index contributed by atoms with van der Waals surface area (Å²) < 4.78 is 5.71. The summed E-state index contributed by atoms with van der Waals surface area (Å²) in [5.41, 5.74) is 0.0453.